The van der Waals surface area contributed by atoms with Gasteiger partial charge in [0, 0.05) is 7.05 Å². The molecule has 0 atom stereocenters. The molecule has 1 rings (SSSR count). The van der Waals surface area contributed by atoms with Crippen molar-refractivity contribution in [2.75, 3.05) is 0 Å². The van der Waals surface area contributed by atoms with Crippen LogP contribution < -0.4 is 0 Å². The van der Waals surface area contributed by atoms with Gasteiger partial charge in [0.1, 0.15) is 4.90 Å². The highest BCUT2D eigenvalue weighted by Gasteiger charge is 2.42. The van der Waals surface area contributed by atoms with E-state index in [2.05, 4.69) is 5.10 Å². The molecule has 0 bridgehead atoms. The lowest BCUT2D eigenvalue weighted by Crippen LogP contribution is -2.12. The zero-order chi connectivity index (χ0) is 12.0. The summed E-state index contributed by atoms with van der Waals surface area (Å²) in [4.78, 5) is -1.20. The number of rotatable bonds is 1. The van der Waals surface area contributed by atoms with Gasteiger partial charge in [-0.05, 0) is 6.92 Å². The number of hydrogen-bond acceptors (Lipinski definition) is 3. The second-order valence-electron chi connectivity index (χ2n) is 2.86. The summed E-state index contributed by atoms with van der Waals surface area (Å²) in [6.45, 7) is 1.12. The molecule has 0 fully saturated rings. The number of nitrogens with zero attached hydrogens (tertiary/aromatic N) is 2. The molecule has 1 N–H and O–H groups in total. The minimum atomic E-state index is -4.93. The quantitative estimate of drug-likeness (QED) is 0.790. The van der Waals surface area contributed by atoms with Gasteiger partial charge in [0.25, 0.3) is 10.1 Å². The molecule has 1 aromatic rings. The van der Waals surface area contributed by atoms with Crippen LogP contribution in [0.1, 0.15) is 11.4 Å². The third-order valence-corrected chi connectivity index (χ3v) is 2.81. The van der Waals surface area contributed by atoms with Crippen molar-refractivity contribution in [1.82, 2.24) is 9.78 Å². The van der Waals surface area contributed by atoms with Crippen LogP contribution in [0, 0.1) is 6.92 Å². The molecule has 0 aliphatic carbocycles. The highest BCUT2D eigenvalue weighted by molar-refractivity contribution is 7.86. The van der Waals surface area contributed by atoms with E-state index in [1.807, 2.05) is 0 Å². The molecule has 94 valence electrons. The molecule has 0 spiro atoms. The van der Waals surface area contributed by atoms with Crippen molar-refractivity contribution in [1.29, 1.82) is 0 Å². The van der Waals surface area contributed by atoms with Gasteiger partial charge < -0.3 is 0 Å². The molecule has 0 radical (unpaired) electrons. The van der Waals surface area contributed by atoms with Crippen molar-refractivity contribution in [2.45, 2.75) is 18.0 Å². The largest absolute Gasteiger partial charge is 0.436 e. The average molecular weight is 281 g/mol. The lowest BCUT2D eigenvalue weighted by molar-refractivity contribution is -0.143. The molecule has 0 unspecified atom stereocenters. The van der Waals surface area contributed by atoms with Gasteiger partial charge in [0.2, 0.25) is 0 Å². The number of aromatic nitrogens is 2. The first-order chi connectivity index (χ1) is 6.55. The first-order valence-electron chi connectivity index (χ1n) is 3.63. The van der Waals surface area contributed by atoms with Crippen molar-refractivity contribution < 1.29 is 26.1 Å². The summed E-state index contributed by atoms with van der Waals surface area (Å²) in [5.74, 6) is 0. The number of alkyl halides is 3. The summed E-state index contributed by atoms with van der Waals surface area (Å²) in [6.07, 6.45) is -4.92. The maximum absolute atomic E-state index is 12.3. The topological polar surface area (TPSA) is 72.2 Å². The average Bonchev–Trinajstić information content (AvgIpc) is 2.25. The Morgan fingerprint density at radius 1 is 1.38 bits per heavy atom. The van der Waals surface area contributed by atoms with E-state index in [9.17, 15) is 21.6 Å². The maximum Gasteiger partial charge on any atom is 0.436 e. The minimum absolute atomic E-state index is 0. The third kappa shape index (κ3) is 2.66. The summed E-state index contributed by atoms with van der Waals surface area (Å²) in [7, 11) is -3.78. The van der Waals surface area contributed by atoms with Crippen LogP contribution in [0.4, 0.5) is 13.2 Å². The highest BCUT2D eigenvalue weighted by atomic mass is 35.5. The molecule has 1 aromatic heterocycles. The second kappa shape index (κ2) is 4.22. The van der Waals surface area contributed by atoms with Crippen molar-refractivity contribution >= 4 is 22.5 Å². The highest BCUT2D eigenvalue weighted by Crippen LogP contribution is 2.34. The summed E-state index contributed by atoms with van der Waals surface area (Å²) in [6, 6.07) is 0. The number of halogens is 4. The Hall–Kier alpha value is -0.800. The van der Waals surface area contributed by atoms with Crippen LogP contribution in [0.3, 0.4) is 0 Å². The van der Waals surface area contributed by atoms with Crippen LogP contribution in [0.5, 0.6) is 0 Å². The van der Waals surface area contributed by atoms with Crippen LogP contribution in [-0.4, -0.2) is 22.8 Å². The molecule has 0 aliphatic rings. The smallest absolute Gasteiger partial charge is 0.282 e. The fraction of sp³-hybridized carbons (Fsp3) is 0.500. The Labute approximate surface area is 95.4 Å². The zero-order valence-electron chi connectivity index (χ0n) is 8.11. The van der Waals surface area contributed by atoms with Gasteiger partial charge >= 0.3 is 6.18 Å². The lowest BCUT2D eigenvalue weighted by Gasteiger charge is -2.03. The van der Waals surface area contributed by atoms with Gasteiger partial charge in [-0.3, -0.25) is 9.23 Å². The second-order valence-corrected chi connectivity index (χ2v) is 4.22. The normalized spacial score (nSPS) is 12.4. The number of aryl methyl sites for hydroxylation is 1. The van der Waals surface area contributed by atoms with Crippen LogP contribution in [-0.2, 0) is 23.3 Å². The summed E-state index contributed by atoms with van der Waals surface area (Å²) in [5, 5.41) is 3.00. The lowest BCUT2D eigenvalue weighted by atomic mass is 10.3. The fourth-order valence-corrected chi connectivity index (χ4v) is 1.99. The molecule has 0 aromatic carbocycles. The Kier molecular flexibility index (Phi) is 4.01. The van der Waals surface area contributed by atoms with E-state index in [0.717, 1.165) is 18.7 Å². The molecular formula is C6H8ClF3N2O3S. The predicted molar refractivity (Wildman–Crippen MR) is 50.0 cm³/mol. The van der Waals surface area contributed by atoms with Crippen LogP contribution in [0.25, 0.3) is 0 Å². The first kappa shape index (κ1) is 15.2. The van der Waals surface area contributed by atoms with Gasteiger partial charge in [0.05, 0.1) is 5.69 Å². The Balaban J connectivity index is 0.00000225. The van der Waals surface area contributed by atoms with Crippen LogP contribution in [0.2, 0.25) is 0 Å². The fourth-order valence-electron chi connectivity index (χ4n) is 1.08. The summed E-state index contributed by atoms with van der Waals surface area (Å²) in [5.41, 5.74) is -1.88. The first-order valence-corrected chi connectivity index (χ1v) is 5.07. The minimum Gasteiger partial charge on any atom is -0.282 e. The van der Waals surface area contributed by atoms with E-state index in [0.29, 0.717) is 0 Å². The third-order valence-electron chi connectivity index (χ3n) is 1.81. The van der Waals surface area contributed by atoms with E-state index in [4.69, 9.17) is 4.55 Å². The zero-order valence-corrected chi connectivity index (χ0v) is 9.74. The summed E-state index contributed by atoms with van der Waals surface area (Å²) < 4.78 is 67.8. The Morgan fingerprint density at radius 3 is 2.06 bits per heavy atom. The van der Waals surface area contributed by atoms with E-state index >= 15 is 0 Å². The molecule has 10 heteroatoms. The van der Waals surface area contributed by atoms with Crippen molar-refractivity contribution in [3.05, 3.63) is 11.4 Å². The predicted octanol–water partition coefficient (Wildman–Crippen LogP) is 1.42. The Bertz CT molecular complexity index is 494. The SMILES string of the molecule is Cc1c(S(=O)(=O)O)c(C(F)(F)F)nn1C.Cl. The maximum atomic E-state index is 12.3. The molecule has 0 saturated carbocycles. The molecule has 0 saturated heterocycles. The van der Waals surface area contributed by atoms with Gasteiger partial charge in [-0.1, -0.05) is 0 Å². The molecule has 16 heavy (non-hydrogen) atoms. The molecule has 0 amide bonds. The molecule has 5 nitrogen and oxygen atoms in total. The van der Waals surface area contributed by atoms with Gasteiger partial charge in [-0.15, -0.1) is 12.4 Å². The van der Waals surface area contributed by atoms with E-state index in [1.165, 1.54) is 0 Å². The van der Waals surface area contributed by atoms with Gasteiger partial charge in [-0.2, -0.15) is 26.7 Å². The standard InChI is InChI=1S/C6H7F3N2O3S.ClH/c1-3-4(15(12,13)14)5(6(7,8)9)10-11(3)2;/h1-2H3,(H,12,13,14);1H. The molecular weight excluding hydrogens is 273 g/mol. The van der Waals surface area contributed by atoms with Crippen molar-refractivity contribution in [3.63, 3.8) is 0 Å². The molecule has 1 heterocycles. The van der Waals surface area contributed by atoms with Crippen LogP contribution >= 0.6 is 12.4 Å². The van der Waals surface area contributed by atoms with Gasteiger partial charge in [-0.25, -0.2) is 0 Å². The number of hydrogen-bond donors (Lipinski definition) is 1. The van der Waals surface area contributed by atoms with Gasteiger partial charge in [0.15, 0.2) is 5.69 Å². The van der Waals surface area contributed by atoms with E-state index in [1.54, 1.807) is 0 Å². The molecule has 0 aliphatic heterocycles. The van der Waals surface area contributed by atoms with E-state index in [-0.39, 0.29) is 18.1 Å². The van der Waals surface area contributed by atoms with Crippen LogP contribution in [0.15, 0.2) is 4.90 Å². The van der Waals surface area contributed by atoms with Crippen molar-refractivity contribution in [2.24, 2.45) is 7.05 Å². The monoisotopic (exact) mass is 280 g/mol. The summed E-state index contributed by atoms with van der Waals surface area (Å²) >= 11 is 0. The van der Waals surface area contributed by atoms with Crippen molar-refractivity contribution in [3.8, 4) is 0 Å². The van der Waals surface area contributed by atoms with E-state index < -0.39 is 26.9 Å². The Morgan fingerprint density at radius 2 is 1.81 bits per heavy atom.